The summed E-state index contributed by atoms with van der Waals surface area (Å²) in [5.74, 6) is 3.11. The number of carbonyl (C=O) groups is 1. The zero-order valence-corrected chi connectivity index (χ0v) is 18.6. The second kappa shape index (κ2) is 7.19. The summed E-state index contributed by atoms with van der Waals surface area (Å²) in [6.45, 7) is 5.99. The molecule has 1 saturated carbocycles. The monoisotopic (exact) mass is 435 g/mol. The molecule has 0 N–H and O–H groups in total. The Balaban J connectivity index is 1.35. The fraction of sp³-hybridized carbons (Fsp3) is 0.458. The molecule has 2 aliphatic heterocycles. The fourth-order valence-electron chi connectivity index (χ4n) is 4.84. The molecule has 1 atom stereocenters. The first-order chi connectivity index (χ1) is 15.1. The van der Waals surface area contributed by atoms with E-state index < -0.39 is 0 Å². The van der Waals surface area contributed by atoms with E-state index in [9.17, 15) is 4.79 Å². The van der Waals surface area contributed by atoms with Gasteiger partial charge >= 0.3 is 0 Å². The molecular formula is C24H25N3O3S. The van der Waals surface area contributed by atoms with E-state index in [1.807, 2.05) is 30.9 Å². The maximum absolute atomic E-state index is 13.7. The molecule has 0 unspecified atom stereocenters. The zero-order valence-electron chi connectivity index (χ0n) is 17.8. The highest BCUT2D eigenvalue weighted by Crippen LogP contribution is 2.42. The van der Waals surface area contributed by atoms with Gasteiger partial charge in [-0.25, -0.2) is 9.97 Å². The summed E-state index contributed by atoms with van der Waals surface area (Å²) < 4.78 is 11.4. The van der Waals surface area contributed by atoms with Crippen molar-refractivity contribution in [2.45, 2.75) is 51.5 Å². The van der Waals surface area contributed by atoms with Crippen molar-refractivity contribution in [2.75, 3.05) is 19.8 Å². The van der Waals surface area contributed by atoms with Crippen LogP contribution in [0.1, 0.15) is 70.0 Å². The van der Waals surface area contributed by atoms with Crippen LogP contribution >= 0.6 is 11.3 Å². The van der Waals surface area contributed by atoms with Crippen LogP contribution in [0.3, 0.4) is 0 Å². The van der Waals surface area contributed by atoms with Crippen molar-refractivity contribution < 1.29 is 14.3 Å². The number of aryl methyl sites for hydroxylation is 2. The standard InChI is InChI=1S/C24H25N3O3S/c1-13-20-14(2)25-22(15-5-6-15)26-23(20)31-21(13)24(28)27-9-3-4-17(27)16-7-8-18-19(12-16)30-11-10-29-18/h7-8,12,15,17H,3-6,9-11H2,1-2H3/t17-/m1/s1. The van der Waals surface area contributed by atoms with Crippen LogP contribution in [-0.2, 0) is 0 Å². The molecule has 6 nitrogen and oxygen atoms in total. The molecule has 0 bridgehead atoms. The van der Waals surface area contributed by atoms with Gasteiger partial charge in [-0.2, -0.15) is 0 Å². The van der Waals surface area contributed by atoms with Crippen LogP contribution in [0.2, 0.25) is 0 Å². The number of rotatable bonds is 3. The first kappa shape index (κ1) is 19.0. The third kappa shape index (κ3) is 3.17. The van der Waals surface area contributed by atoms with Gasteiger partial charge in [0, 0.05) is 17.8 Å². The third-order valence-electron chi connectivity index (χ3n) is 6.59. The first-order valence-electron chi connectivity index (χ1n) is 11.1. The van der Waals surface area contributed by atoms with Gasteiger partial charge in [-0.3, -0.25) is 4.79 Å². The van der Waals surface area contributed by atoms with Crippen molar-refractivity contribution >= 4 is 27.5 Å². The Morgan fingerprint density at radius 3 is 2.71 bits per heavy atom. The van der Waals surface area contributed by atoms with E-state index in [-0.39, 0.29) is 11.9 Å². The van der Waals surface area contributed by atoms with Crippen LogP contribution < -0.4 is 9.47 Å². The van der Waals surface area contributed by atoms with Gasteiger partial charge in [0.25, 0.3) is 5.91 Å². The number of benzene rings is 1. The number of amides is 1. The van der Waals surface area contributed by atoms with Gasteiger partial charge in [-0.15, -0.1) is 11.3 Å². The Kier molecular flexibility index (Phi) is 4.42. The molecule has 7 heteroatoms. The lowest BCUT2D eigenvalue weighted by molar-refractivity contribution is 0.0739. The quantitative estimate of drug-likeness (QED) is 0.583. The summed E-state index contributed by atoms with van der Waals surface area (Å²) in [7, 11) is 0. The number of ether oxygens (including phenoxy) is 2. The lowest BCUT2D eigenvalue weighted by atomic mass is 10.0. The molecule has 1 saturated heterocycles. The predicted octanol–water partition coefficient (Wildman–Crippen LogP) is 4.93. The highest BCUT2D eigenvalue weighted by Gasteiger charge is 2.34. The number of aromatic nitrogens is 2. The molecule has 1 aliphatic carbocycles. The Labute approximate surface area is 185 Å². The zero-order chi connectivity index (χ0) is 21.1. The van der Waals surface area contributed by atoms with E-state index >= 15 is 0 Å². The Morgan fingerprint density at radius 2 is 1.90 bits per heavy atom. The van der Waals surface area contributed by atoms with Crippen molar-refractivity contribution in [3.05, 3.63) is 45.7 Å². The smallest absolute Gasteiger partial charge is 0.264 e. The normalized spacial score (nSPS) is 20.5. The number of hydrogen-bond donors (Lipinski definition) is 0. The number of fused-ring (bicyclic) bond motifs is 2. The van der Waals surface area contributed by atoms with Crippen LogP contribution in [-0.4, -0.2) is 40.5 Å². The Hall–Kier alpha value is -2.67. The van der Waals surface area contributed by atoms with Crippen LogP contribution in [0, 0.1) is 13.8 Å². The van der Waals surface area contributed by atoms with E-state index in [1.54, 1.807) is 0 Å². The predicted molar refractivity (Wildman–Crippen MR) is 119 cm³/mol. The Bertz CT molecular complexity index is 1200. The van der Waals surface area contributed by atoms with Crippen LogP contribution in [0.15, 0.2) is 18.2 Å². The van der Waals surface area contributed by atoms with Gasteiger partial charge in [0.15, 0.2) is 11.5 Å². The molecule has 0 spiro atoms. The summed E-state index contributed by atoms with van der Waals surface area (Å²) in [4.78, 5) is 27.0. The molecule has 4 heterocycles. The molecule has 0 radical (unpaired) electrons. The average Bonchev–Trinajstić information content (AvgIpc) is 3.42. The molecule has 6 rings (SSSR count). The minimum atomic E-state index is 0.0575. The summed E-state index contributed by atoms with van der Waals surface area (Å²) in [5, 5.41) is 1.05. The van der Waals surface area contributed by atoms with Crippen molar-refractivity contribution in [2.24, 2.45) is 0 Å². The number of hydrogen-bond acceptors (Lipinski definition) is 6. The molecule has 31 heavy (non-hydrogen) atoms. The average molecular weight is 436 g/mol. The second-order valence-electron chi connectivity index (χ2n) is 8.74. The topological polar surface area (TPSA) is 64.6 Å². The molecule has 1 amide bonds. The number of thiophene rings is 1. The molecule has 160 valence electrons. The highest BCUT2D eigenvalue weighted by molar-refractivity contribution is 7.20. The molecule has 2 aromatic heterocycles. The molecule has 1 aromatic carbocycles. The number of carbonyl (C=O) groups excluding carboxylic acids is 1. The van der Waals surface area contributed by atoms with E-state index in [0.29, 0.717) is 19.1 Å². The molecule has 3 aliphatic rings. The van der Waals surface area contributed by atoms with Gasteiger partial charge in [-0.1, -0.05) is 6.07 Å². The molecule has 2 fully saturated rings. The Morgan fingerprint density at radius 1 is 1.10 bits per heavy atom. The molecular weight excluding hydrogens is 410 g/mol. The maximum atomic E-state index is 13.7. The summed E-state index contributed by atoms with van der Waals surface area (Å²) in [5.41, 5.74) is 3.11. The second-order valence-corrected chi connectivity index (χ2v) is 9.74. The first-order valence-corrected chi connectivity index (χ1v) is 11.9. The third-order valence-corrected chi connectivity index (χ3v) is 7.76. The summed E-state index contributed by atoms with van der Waals surface area (Å²) >= 11 is 1.53. The van der Waals surface area contributed by atoms with Gasteiger partial charge in [0.1, 0.15) is 23.9 Å². The minimum Gasteiger partial charge on any atom is -0.486 e. The summed E-state index contributed by atoms with van der Waals surface area (Å²) in [6.07, 6.45) is 4.30. The van der Waals surface area contributed by atoms with Crippen LogP contribution in [0.25, 0.3) is 10.2 Å². The van der Waals surface area contributed by atoms with Crippen molar-refractivity contribution in [1.82, 2.24) is 14.9 Å². The highest BCUT2D eigenvalue weighted by atomic mass is 32.1. The van der Waals surface area contributed by atoms with E-state index in [4.69, 9.17) is 19.4 Å². The SMILES string of the molecule is Cc1nc(C2CC2)nc2sc(C(=O)N3CCC[C@@H]3c3ccc4c(c3)OCCO4)c(C)c12. The number of nitrogens with zero attached hydrogens (tertiary/aromatic N) is 3. The van der Waals surface area contributed by atoms with Gasteiger partial charge in [0.05, 0.1) is 16.6 Å². The lowest BCUT2D eigenvalue weighted by Gasteiger charge is -2.26. The van der Waals surface area contributed by atoms with Gasteiger partial charge < -0.3 is 14.4 Å². The van der Waals surface area contributed by atoms with Gasteiger partial charge in [-0.05, 0) is 62.8 Å². The van der Waals surface area contributed by atoms with E-state index in [1.165, 1.54) is 24.2 Å². The van der Waals surface area contributed by atoms with Crippen molar-refractivity contribution in [3.63, 3.8) is 0 Å². The van der Waals surface area contributed by atoms with Crippen molar-refractivity contribution in [1.29, 1.82) is 0 Å². The largest absolute Gasteiger partial charge is 0.486 e. The van der Waals surface area contributed by atoms with Gasteiger partial charge in [0.2, 0.25) is 0 Å². The summed E-state index contributed by atoms with van der Waals surface area (Å²) in [6, 6.07) is 6.13. The minimum absolute atomic E-state index is 0.0575. The van der Waals surface area contributed by atoms with Crippen molar-refractivity contribution in [3.8, 4) is 11.5 Å². The maximum Gasteiger partial charge on any atom is 0.264 e. The number of likely N-dealkylation sites (tertiary alicyclic amines) is 1. The lowest BCUT2D eigenvalue weighted by Crippen LogP contribution is -2.30. The van der Waals surface area contributed by atoms with Crippen LogP contribution in [0.5, 0.6) is 11.5 Å². The molecule has 3 aromatic rings. The van der Waals surface area contributed by atoms with E-state index in [0.717, 1.165) is 68.6 Å². The van der Waals surface area contributed by atoms with Crippen LogP contribution in [0.4, 0.5) is 0 Å². The fourth-order valence-corrected chi connectivity index (χ4v) is 6.04. The van der Waals surface area contributed by atoms with E-state index in [2.05, 4.69) is 6.07 Å².